The maximum atomic E-state index is 12.7. The molecular weight excluding hydrogens is 366 g/mol. The number of anilines is 2. The van der Waals surface area contributed by atoms with Gasteiger partial charge in [-0.25, -0.2) is 4.79 Å². The zero-order valence-corrected chi connectivity index (χ0v) is 16.5. The number of aryl methyl sites for hydroxylation is 1. The topological polar surface area (TPSA) is 54.0 Å². The normalized spacial score (nSPS) is 14.1. The zero-order chi connectivity index (χ0) is 19.4. The van der Waals surface area contributed by atoms with Gasteiger partial charge in [-0.1, -0.05) is 29.8 Å². The number of nitrogens with one attached hydrogen (secondary N) is 1. The highest BCUT2D eigenvalue weighted by atomic mass is 35.5. The summed E-state index contributed by atoms with van der Waals surface area (Å²) in [7, 11) is 3.07. The van der Waals surface area contributed by atoms with Crippen LogP contribution >= 0.6 is 11.6 Å². The molecule has 2 aromatic carbocycles. The molecule has 1 aliphatic rings. The quantitative estimate of drug-likeness (QED) is 0.858. The molecule has 1 N–H and O–H groups in total. The summed E-state index contributed by atoms with van der Waals surface area (Å²) in [5, 5.41) is 3.33. The summed E-state index contributed by atoms with van der Waals surface area (Å²) in [5.41, 5.74) is 3.00. The zero-order valence-electron chi connectivity index (χ0n) is 15.8. The highest BCUT2D eigenvalue weighted by molar-refractivity contribution is 6.32. The Bertz CT molecular complexity index is 820. The number of benzene rings is 2. The van der Waals surface area contributed by atoms with Crippen LogP contribution < -0.4 is 19.7 Å². The molecule has 0 aromatic heterocycles. The third-order valence-corrected chi connectivity index (χ3v) is 5.03. The van der Waals surface area contributed by atoms with Gasteiger partial charge in [0.05, 0.1) is 24.9 Å². The first-order valence-electron chi connectivity index (χ1n) is 8.81. The molecule has 0 saturated carbocycles. The van der Waals surface area contributed by atoms with Crippen LogP contribution in [0.15, 0.2) is 36.4 Å². The third-order valence-electron chi connectivity index (χ3n) is 4.74. The Morgan fingerprint density at radius 2 is 1.70 bits per heavy atom. The first-order valence-corrected chi connectivity index (χ1v) is 9.19. The minimum Gasteiger partial charge on any atom is -0.495 e. The predicted octanol–water partition coefficient (Wildman–Crippen LogP) is 4.02. The van der Waals surface area contributed by atoms with Gasteiger partial charge in [-0.15, -0.1) is 0 Å². The standard InChI is InChI=1S/C20H24ClN3O3/c1-14-6-4-5-7-17(14)23-8-10-24(11-9-23)20(25)22-16-13-18(26-2)15(21)12-19(16)27-3/h4-7,12-13H,8-11H2,1-3H3,(H,22,25). The van der Waals surface area contributed by atoms with Crippen molar-refractivity contribution in [1.29, 1.82) is 0 Å². The number of amides is 2. The minimum absolute atomic E-state index is 0.165. The molecule has 0 spiro atoms. The Labute approximate surface area is 164 Å². The van der Waals surface area contributed by atoms with Crippen LogP contribution in [0, 0.1) is 6.92 Å². The number of methoxy groups -OCH3 is 2. The van der Waals surface area contributed by atoms with Gasteiger partial charge in [0.2, 0.25) is 0 Å². The lowest BCUT2D eigenvalue weighted by atomic mass is 10.1. The number of carbonyl (C=O) groups is 1. The first kappa shape index (κ1) is 19.2. The number of carbonyl (C=O) groups excluding carboxylic acids is 1. The molecular formula is C20H24ClN3O3. The van der Waals surface area contributed by atoms with E-state index < -0.39 is 0 Å². The van der Waals surface area contributed by atoms with Crippen LogP contribution in [-0.4, -0.2) is 51.3 Å². The molecule has 7 heteroatoms. The number of nitrogens with zero attached hydrogens (tertiary/aromatic N) is 2. The van der Waals surface area contributed by atoms with Gasteiger partial charge in [0.1, 0.15) is 11.5 Å². The van der Waals surface area contributed by atoms with Gasteiger partial charge < -0.3 is 24.6 Å². The smallest absolute Gasteiger partial charge is 0.322 e. The molecule has 144 valence electrons. The van der Waals surface area contributed by atoms with Crippen molar-refractivity contribution in [2.45, 2.75) is 6.92 Å². The summed E-state index contributed by atoms with van der Waals surface area (Å²) < 4.78 is 10.5. The number of piperazine rings is 1. The van der Waals surface area contributed by atoms with Crippen LogP contribution in [0.3, 0.4) is 0 Å². The second kappa shape index (κ2) is 8.39. The van der Waals surface area contributed by atoms with Crippen LogP contribution in [0.2, 0.25) is 5.02 Å². The maximum absolute atomic E-state index is 12.7. The van der Waals surface area contributed by atoms with E-state index in [1.807, 2.05) is 12.1 Å². The number of ether oxygens (including phenoxy) is 2. The lowest BCUT2D eigenvalue weighted by Crippen LogP contribution is -2.50. The van der Waals surface area contributed by atoms with Crippen LogP contribution in [0.1, 0.15) is 5.56 Å². The van der Waals surface area contributed by atoms with Crippen LogP contribution in [0.4, 0.5) is 16.2 Å². The van der Waals surface area contributed by atoms with Crippen molar-refractivity contribution >= 4 is 29.0 Å². The van der Waals surface area contributed by atoms with E-state index in [1.54, 1.807) is 17.0 Å². The molecule has 1 heterocycles. The van der Waals surface area contributed by atoms with E-state index in [9.17, 15) is 4.79 Å². The number of rotatable bonds is 4. The molecule has 0 unspecified atom stereocenters. The molecule has 0 atom stereocenters. The summed E-state index contributed by atoms with van der Waals surface area (Å²) in [5.74, 6) is 0.977. The lowest BCUT2D eigenvalue weighted by molar-refractivity contribution is 0.208. The SMILES string of the molecule is COc1cc(NC(=O)N2CCN(c3ccccc3C)CC2)c(OC)cc1Cl. The average molecular weight is 390 g/mol. The maximum Gasteiger partial charge on any atom is 0.322 e. The van der Waals surface area contributed by atoms with Crippen molar-refractivity contribution in [2.75, 3.05) is 50.6 Å². The summed E-state index contributed by atoms with van der Waals surface area (Å²) in [6.45, 7) is 4.98. The molecule has 6 nitrogen and oxygen atoms in total. The first-order chi connectivity index (χ1) is 13.0. The van der Waals surface area contributed by atoms with Crippen molar-refractivity contribution in [3.8, 4) is 11.5 Å². The fourth-order valence-corrected chi connectivity index (χ4v) is 3.45. The van der Waals surface area contributed by atoms with E-state index >= 15 is 0 Å². The predicted molar refractivity (Wildman–Crippen MR) is 109 cm³/mol. The summed E-state index contributed by atoms with van der Waals surface area (Å²) in [6, 6.07) is 11.4. The Hall–Kier alpha value is -2.60. The molecule has 2 aromatic rings. The highest BCUT2D eigenvalue weighted by Gasteiger charge is 2.23. The Morgan fingerprint density at radius 3 is 2.33 bits per heavy atom. The second-order valence-electron chi connectivity index (χ2n) is 6.38. The number of halogens is 1. The minimum atomic E-state index is -0.165. The summed E-state index contributed by atoms with van der Waals surface area (Å²) >= 11 is 6.12. The van der Waals surface area contributed by atoms with Crippen LogP contribution in [-0.2, 0) is 0 Å². The monoisotopic (exact) mass is 389 g/mol. The van der Waals surface area contributed by atoms with Crippen molar-refractivity contribution < 1.29 is 14.3 Å². The van der Waals surface area contributed by atoms with Gasteiger partial charge in [0.25, 0.3) is 0 Å². The summed E-state index contributed by atoms with van der Waals surface area (Å²) in [6.07, 6.45) is 0. The Kier molecular flexibility index (Phi) is 5.96. The van der Waals surface area contributed by atoms with Crippen molar-refractivity contribution in [3.63, 3.8) is 0 Å². The molecule has 1 fully saturated rings. The van der Waals surface area contributed by atoms with E-state index in [2.05, 4.69) is 29.3 Å². The van der Waals surface area contributed by atoms with Gasteiger partial charge in [0, 0.05) is 44.0 Å². The van der Waals surface area contributed by atoms with Crippen molar-refractivity contribution in [3.05, 3.63) is 47.0 Å². The Balaban J connectivity index is 1.66. The highest BCUT2D eigenvalue weighted by Crippen LogP contribution is 2.36. The largest absolute Gasteiger partial charge is 0.495 e. The van der Waals surface area contributed by atoms with Gasteiger partial charge in [-0.05, 0) is 18.6 Å². The molecule has 0 bridgehead atoms. The lowest BCUT2D eigenvalue weighted by Gasteiger charge is -2.36. The molecule has 1 saturated heterocycles. The van der Waals surface area contributed by atoms with Gasteiger partial charge in [-0.3, -0.25) is 0 Å². The van der Waals surface area contributed by atoms with E-state index in [-0.39, 0.29) is 6.03 Å². The second-order valence-corrected chi connectivity index (χ2v) is 6.78. The van der Waals surface area contributed by atoms with E-state index in [0.29, 0.717) is 35.3 Å². The molecule has 0 radical (unpaired) electrons. The molecule has 2 amide bonds. The average Bonchev–Trinajstić information content (AvgIpc) is 2.69. The van der Waals surface area contributed by atoms with E-state index in [1.165, 1.54) is 25.5 Å². The molecule has 3 rings (SSSR count). The molecule has 1 aliphatic heterocycles. The molecule has 27 heavy (non-hydrogen) atoms. The van der Waals surface area contributed by atoms with Crippen molar-refractivity contribution in [2.24, 2.45) is 0 Å². The van der Waals surface area contributed by atoms with Gasteiger partial charge in [0.15, 0.2) is 0 Å². The Morgan fingerprint density at radius 1 is 1.04 bits per heavy atom. The number of para-hydroxylation sites is 1. The van der Waals surface area contributed by atoms with Crippen LogP contribution in [0.5, 0.6) is 11.5 Å². The fraction of sp³-hybridized carbons (Fsp3) is 0.350. The van der Waals surface area contributed by atoms with Crippen molar-refractivity contribution in [1.82, 2.24) is 4.90 Å². The number of hydrogen-bond acceptors (Lipinski definition) is 4. The van der Waals surface area contributed by atoms with Gasteiger partial charge >= 0.3 is 6.03 Å². The van der Waals surface area contributed by atoms with Gasteiger partial charge in [-0.2, -0.15) is 0 Å². The molecule has 0 aliphatic carbocycles. The number of urea groups is 1. The third kappa shape index (κ3) is 4.22. The number of hydrogen-bond donors (Lipinski definition) is 1. The summed E-state index contributed by atoms with van der Waals surface area (Å²) in [4.78, 5) is 16.8. The van der Waals surface area contributed by atoms with E-state index in [0.717, 1.165) is 13.1 Å². The van der Waals surface area contributed by atoms with Crippen LogP contribution in [0.25, 0.3) is 0 Å². The van der Waals surface area contributed by atoms with E-state index in [4.69, 9.17) is 21.1 Å². The fourth-order valence-electron chi connectivity index (χ4n) is 3.22.